The molecule has 0 saturated heterocycles. The number of benzene rings is 2. The van der Waals surface area contributed by atoms with Crippen LogP contribution in [0.2, 0.25) is 0 Å². The Morgan fingerprint density at radius 1 is 0.977 bits per heavy atom. The Morgan fingerprint density at radius 3 is 2.23 bits per heavy atom. The Labute approximate surface area is 239 Å². The summed E-state index contributed by atoms with van der Waals surface area (Å²) in [7, 11) is 0. The molecular weight excluding hydrogens is 588 g/mol. The minimum absolute atomic E-state index is 0.0180. The number of hydrogen-bond donors (Lipinski definition) is 2. The standard InChI is InChI=1S/C30H24F8N2O3/c1-17-11-19(12-25(41)39-17)26(42)40-28(16-18-5-3-2-4-6-18,20-7-9-21(10-8-20)29(34,35)36)22-13-23(31)15-24(14-22)43-30(37,38)27(32)33/h2-5,7-15,18,27H,6,16H2,1H3,(H,39,41)(H,40,42)/t18?,28-/m1/s1. The smallest absolute Gasteiger partial charge is 0.428 e. The van der Waals surface area contributed by atoms with Crippen molar-refractivity contribution in [3.8, 4) is 5.75 Å². The number of amides is 1. The van der Waals surface area contributed by atoms with E-state index in [0.717, 1.165) is 42.5 Å². The first-order chi connectivity index (χ1) is 20.1. The van der Waals surface area contributed by atoms with Gasteiger partial charge in [-0.3, -0.25) is 9.59 Å². The van der Waals surface area contributed by atoms with Crippen molar-refractivity contribution < 1.29 is 44.7 Å². The lowest BCUT2D eigenvalue weighted by molar-refractivity contribution is -0.253. The highest BCUT2D eigenvalue weighted by molar-refractivity contribution is 5.95. The molecule has 1 aromatic heterocycles. The lowest BCUT2D eigenvalue weighted by Crippen LogP contribution is -2.48. The number of aromatic amines is 1. The van der Waals surface area contributed by atoms with Gasteiger partial charge in [0.1, 0.15) is 11.6 Å². The van der Waals surface area contributed by atoms with Gasteiger partial charge in [-0.2, -0.15) is 30.7 Å². The molecule has 0 spiro atoms. The van der Waals surface area contributed by atoms with E-state index in [2.05, 4.69) is 15.0 Å². The van der Waals surface area contributed by atoms with Gasteiger partial charge in [0.05, 0.1) is 11.1 Å². The van der Waals surface area contributed by atoms with Crippen molar-refractivity contribution >= 4 is 5.91 Å². The fraction of sp³-hybridized carbons (Fsp3) is 0.267. The number of H-pyrrole nitrogens is 1. The van der Waals surface area contributed by atoms with Gasteiger partial charge in [0.2, 0.25) is 5.56 Å². The molecule has 4 rings (SSSR count). The molecule has 1 amide bonds. The third-order valence-corrected chi connectivity index (χ3v) is 6.78. The Kier molecular flexibility index (Phi) is 8.84. The molecule has 0 saturated carbocycles. The molecule has 3 aromatic rings. The molecule has 13 heteroatoms. The van der Waals surface area contributed by atoms with E-state index in [0.29, 0.717) is 18.2 Å². The number of ether oxygens (including phenoxy) is 1. The minimum Gasteiger partial charge on any atom is -0.428 e. The number of alkyl halides is 7. The van der Waals surface area contributed by atoms with Gasteiger partial charge in [-0.1, -0.05) is 36.4 Å². The highest BCUT2D eigenvalue weighted by Gasteiger charge is 2.45. The first-order valence-electron chi connectivity index (χ1n) is 12.8. The van der Waals surface area contributed by atoms with Crippen molar-refractivity contribution in [2.45, 2.75) is 44.0 Å². The molecule has 1 heterocycles. The zero-order valence-corrected chi connectivity index (χ0v) is 22.3. The Balaban J connectivity index is 1.96. The summed E-state index contributed by atoms with van der Waals surface area (Å²) < 4.78 is 113. The zero-order valence-electron chi connectivity index (χ0n) is 22.3. The number of pyridine rings is 1. The van der Waals surface area contributed by atoms with E-state index < -0.39 is 58.8 Å². The third kappa shape index (κ3) is 7.33. The Morgan fingerprint density at radius 2 is 1.65 bits per heavy atom. The van der Waals surface area contributed by atoms with Crippen LogP contribution in [-0.2, 0) is 11.7 Å². The second kappa shape index (κ2) is 12.1. The molecule has 0 bridgehead atoms. The van der Waals surface area contributed by atoms with Crippen molar-refractivity contribution in [2.24, 2.45) is 5.92 Å². The number of halogens is 8. The van der Waals surface area contributed by atoms with Crippen LogP contribution in [0.25, 0.3) is 0 Å². The molecule has 2 atom stereocenters. The monoisotopic (exact) mass is 612 g/mol. The summed E-state index contributed by atoms with van der Waals surface area (Å²) in [4.78, 5) is 28.2. The SMILES string of the molecule is Cc1cc(C(=O)N[C@](CC2C=CC=CC2)(c2ccc(C(F)(F)F)cc2)c2cc(F)cc(OC(F)(F)C(F)F)c2)cc(=O)[nH]1. The molecular formula is C30H24F8N2O3. The van der Waals surface area contributed by atoms with Crippen molar-refractivity contribution in [3.05, 3.63) is 123 Å². The van der Waals surface area contributed by atoms with Crippen LogP contribution in [0.1, 0.15) is 45.6 Å². The van der Waals surface area contributed by atoms with Crippen LogP contribution in [0.5, 0.6) is 5.75 Å². The Hall–Kier alpha value is -4.42. The summed E-state index contributed by atoms with van der Waals surface area (Å²) in [5.74, 6) is -3.57. The molecule has 43 heavy (non-hydrogen) atoms. The minimum atomic E-state index is -5.01. The molecule has 1 aliphatic rings. The average molecular weight is 613 g/mol. The summed E-state index contributed by atoms with van der Waals surface area (Å²) in [5, 5.41) is 2.69. The molecule has 0 aliphatic heterocycles. The maximum atomic E-state index is 15.0. The lowest BCUT2D eigenvalue weighted by atomic mass is 9.74. The third-order valence-electron chi connectivity index (χ3n) is 6.78. The predicted octanol–water partition coefficient (Wildman–Crippen LogP) is 7.27. The second-order valence-corrected chi connectivity index (χ2v) is 10.0. The number of hydrogen-bond acceptors (Lipinski definition) is 3. The fourth-order valence-corrected chi connectivity index (χ4v) is 4.87. The number of allylic oxidation sites excluding steroid dienone is 4. The van der Waals surface area contributed by atoms with Crippen molar-refractivity contribution in [2.75, 3.05) is 0 Å². The van der Waals surface area contributed by atoms with Gasteiger partial charge in [0, 0.05) is 23.4 Å². The van der Waals surface area contributed by atoms with E-state index in [9.17, 15) is 44.7 Å². The summed E-state index contributed by atoms with van der Waals surface area (Å²) in [6, 6.07) is 7.88. The van der Waals surface area contributed by atoms with Gasteiger partial charge in [0.15, 0.2) is 0 Å². The number of carbonyl (C=O) groups excluding carboxylic acids is 1. The molecule has 1 aliphatic carbocycles. The van der Waals surface area contributed by atoms with Gasteiger partial charge >= 0.3 is 18.7 Å². The summed E-state index contributed by atoms with van der Waals surface area (Å²) in [6.45, 7) is 1.50. The van der Waals surface area contributed by atoms with E-state index in [4.69, 9.17) is 0 Å². The molecule has 228 valence electrons. The maximum Gasteiger partial charge on any atom is 0.461 e. The summed E-state index contributed by atoms with van der Waals surface area (Å²) >= 11 is 0. The molecule has 0 radical (unpaired) electrons. The maximum absolute atomic E-state index is 15.0. The number of aromatic nitrogens is 1. The van der Waals surface area contributed by atoms with E-state index in [1.54, 1.807) is 24.3 Å². The first-order valence-corrected chi connectivity index (χ1v) is 12.8. The van der Waals surface area contributed by atoms with E-state index >= 15 is 0 Å². The Bertz CT molecular complexity index is 1600. The quantitative estimate of drug-likeness (QED) is 0.250. The molecule has 1 unspecified atom stereocenters. The van der Waals surface area contributed by atoms with Crippen LogP contribution in [0, 0.1) is 18.7 Å². The highest BCUT2D eigenvalue weighted by Crippen LogP contribution is 2.42. The van der Waals surface area contributed by atoms with Crippen LogP contribution < -0.4 is 15.6 Å². The van der Waals surface area contributed by atoms with Gasteiger partial charge in [-0.25, -0.2) is 4.39 Å². The topological polar surface area (TPSA) is 71.2 Å². The van der Waals surface area contributed by atoms with E-state index in [-0.39, 0.29) is 23.1 Å². The molecule has 2 aromatic carbocycles. The van der Waals surface area contributed by atoms with Crippen molar-refractivity contribution in [3.63, 3.8) is 0 Å². The molecule has 2 N–H and O–H groups in total. The number of rotatable bonds is 9. The van der Waals surface area contributed by atoms with Gasteiger partial charge in [-0.15, -0.1) is 0 Å². The van der Waals surface area contributed by atoms with Crippen LogP contribution in [0.15, 0.2) is 83.7 Å². The predicted molar refractivity (Wildman–Crippen MR) is 140 cm³/mol. The normalized spacial score (nSPS) is 16.7. The van der Waals surface area contributed by atoms with E-state index in [1.165, 1.54) is 13.0 Å². The number of nitrogens with one attached hydrogen (secondary N) is 2. The van der Waals surface area contributed by atoms with Gasteiger partial charge in [-0.05, 0) is 67.1 Å². The number of carbonyl (C=O) groups is 1. The second-order valence-electron chi connectivity index (χ2n) is 10.0. The van der Waals surface area contributed by atoms with Crippen LogP contribution in [0.3, 0.4) is 0 Å². The fourth-order valence-electron chi connectivity index (χ4n) is 4.87. The first kappa shape index (κ1) is 31.5. The van der Waals surface area contributed by atoms with Crippen LogP contribution in [0.4, 0.5) is 35.1 Å². The lowest BCUT2D eigenvalue weighted by Gasteiger charge is -2.39. The van der Waals surface area contributed by atoms with Gasteiger partial charge in [0.25, 0.3) is 5.91 Å². The molecule has 5 nitrogen and oxygen atoms in total. The van der Waals surface area contributed by atoms with Crippen LogP contribution in [-0.4, -0.2) is 23.4 Å². The average Bonchev–Trinajstić information content (AvgIpc) is 2.91. The van der Waals surface area contributed by atoms with Crippen molar-refractivity contribution in [1.29, 1.82) is 0 Å². The largest absolute Gasteiger partial charge is 0.461 e. The highest BCUT2D eigenvalue weighted by atomic mass is 19.4. The van der Waals surface area contributed by atoms with Gasteiger partial charge < -0.3 is 15.0 Å². The number of aryl methyl sites for hydroxylation is 1. The van der Waals surface area contributed by atoms with Crippen LogP contribution >= 0.6 is 0 Å². The summed E-state index contributed by atoms with van der Waals surface area (Å²) in [5.41, 5.74) is -3.79. The molecule has 0 fully saturated rings. The van der Waals surface area contributed by atoms with Crippen molar-refractivity contribution in [1.82, 2.24) is 10.3 Å². The van der Waals surface area contributed by atoms with E-state index in [1.807, 2.05) is 0 Å². The summed E-state index contributed by atoms with van der Waals surface area (Å²) in [6.07, 6.45) is -6.88. The zero-order chi connectivity index (χ0) is 31.6.